The van der Waals surface area contributed by atoms with Gasteiger partial charge in [0.15, 0.2) is 6.61 Å². The second kappa shape index (κ2) is 10.2. The number of nitrogens with one attached hydrogen (secondary N) is 1. The van der Waals surface area contributed by atoms with Gasteiger partial charge in [-0.1, -0.05) is 12.1 Å². The lowest BCUT2D eigenvalue weighted by Gasteiger charge is -2.14. The zero-order chi connectivity index (χ0) is 17.5. The van der Waals surface area contributed by atoms with Gasteiger partial charge in [0.25, 0.3) is 5.91 Å². The molecule has 1 saturated heterocycles. The van der Waals surface area contributed by atoms with Crippen LogP contribution in [0, 0.1) is 0 Å². The van der Waals surface area contributed by atoms with Crippen LogP contribution < -0.4 is 15.8 Å². The number of ether oxygens (including phenoxy) is 2. The standard InChI is InChI=1S/C17H25N3O4.ClH/c1-20(2)16(21)11-23-13-5-3-4-12(8-13)10-19-17(22)15-7-6-14(9-18)24-15;/h3-5,8,14-15H,6-7,9-11,18H2,1-2H3,(H,19,22);1H/t14-,15+;/m1./s1. The Bertz CT molecular complexity index is 583. The molecule has 3 N–H and O–H groups in total. The molecule has 1 heterocycles. The zero-order valence-electron chi connectivity index (χ0n) is 14.6. The maximum Gasteiger partial charge on any atom is 0.259 e. The summed E-state index contributed by atoms with van der Waals surface area (Å²) in [4.78, 5) is 25.1. The number of nitrogens with two attached hydrogens (primary N) is 1. The Morgan fingerprint density at radius 3 is 2.76 bits per heavy atom. The van der Waals surface area contributed by atoms with E-state index in [-0.39, 0.29) is 36.9 Å². The quantitative estimate of drug-likeness (QED) is 0.735. The molecule has 2 rings (SSSR count). The largest absolute Gasteiger partial charge is 0.484 e. The SMILES string of the molecule is CN(C)C(=O)COc1cccc(CNC(=O)[C@@H]2CC[C@H](CN)O2)c1.Cl. The van der Waals surface area contributed by atoms with Crippen molar-refractivity contribution in [2.45, 2.75) is 31.6 Å². The molecule has 1 aromatic carbocycles. The van der Waals surface area contributed by atoms with Gasteiger partial charge < -0.3 is 25.4 Å². The van der Waals surface area contributed by atoms with Gasteiger partial charge in [0, 0.05) is 27.2 Å². The number of amides is 2. The van der Waals surface area contributed by atoms with Crippen molar-refractivity contribution >= 4 is 24.2 Å². The lowest BCUT2D eigenvalue weighted by Crippen LogP contribution is -2.35. The average Bonchev–Trinajstić information content (AvgIpc) is 3.07. The summed E-state index contributed by atoms with van der Waals surface area (Å²) >= 11 is 0. The van der Waals surface area contributed by atoms with Crippen molar-refractivity contribution in [3.05, 3.63) is 29.8 Å². The van der Waals surface area contributed by atoms with E-state index in [1.807, 2.05) is 12.1 Å². The second-order valence-electron chi connectivity index (χ2n) is 6.00. The first-order valence-electron chi connectivity index (χ1n) is 8.04. The van der Waals surface area contributed by atoms with Gasteiger partial charge in [-0.05, 0) is 30.5 Å². The van der Waals surface area contributed by atoms with Crippen molar-refractivity contribution in [3.63, 3.8) is 0 Å². The minimum absolute atomic E-state index is 0. The van der Waals surface area contributed by atoms with E-state index in [1.165, 1.54) is 4.90 Å². The molecule has 2 amide bonds. The molecule has 0 aliphatic carbocycles. The molecule has 0 unspecified atom stereocenters. The van der Waals surface area contributed by atoms with Crippen molar-refractivity contribution in [2.75, 3.05) is 27.2 Å². The van der Waals surface area contributed by atoms with E-state index in [9.17, 15) is 9.59 Å². The zero-order valence-corrected chi connectivity index (χ0v) is 15.4. The summed E-state index contributed by atoms with van der Waals surface area (Å²) in [6, 6.07) is 7.30. The molecule has 1 aliphatic rings. The van der Waals surface area contributed by atoms with Crippen LogP contribution in [0.5, 0.6) is 5.75 Å². The van der Waals surface area contributed by atoms with Crippen molar-refractivity contribution in [3.8, 4) is 5.75 Å². The molecule has 1 aliphatic heterocycles. The summed E-state index contributed by atoms with van der Waals surface area (Å²) in [5, 5.41) is 2.86. The molecule has 25 heavy (non-hydrogen) atoms. The lowest BCUT2D eigenvalue weighted by molar-refractivity contribution is -0.132. The van der Waals surface area contributed by atoms with Gasteiger partial charge in [0.2, 0.25) is 5.91 Å². The monoisotopic (exact) mass is 371 g/mol. The van der Waals surface area contributed by atoms with Crippen molar-refractivity contribution < 1.29 is 19.1 Å². The molecule has 8 heteroatoms. The van der Waals surface area contributed by atoms with Crippen molar-refractivity contribution in [1.29, 1.82) is 0 Å². The van der Waals surface area contributed by atoms with Crippen LogP contribution in [0.2, 0.25) is 0 Å². The van der Waals surface area contributed by atoms with Crippen LogP contribution in [0.4, 0.5) is 0 Å². The van der Waals surface area contributed by atoms with Crippen molar-refractivity contribution in [1.82, 2.24) is 10.2 Å². The number of rotatable bonds is 7. The molecule has 0 radical (unpaired) electrons. The van der Waals surface area contributed by atoms with Gasteiger partial charge in [-0.15, -0.1) is 12.4 Å². The summed E-state index contributed by atoms with van der Waals surface area (Å²) in [6.45, 7) is 0.804. The number of carbonyl (C=O) groups is 2. The van der Waals surface area contributed by atoms with Gasteiger partial charge in [-0.2, -0.15) is 0 Å². The fraction of sp³-hybridized carbons (Fsp3) is 0.529. The lowest BCUT2D eigenvalue weighted by atomic mass is 10.1. The molecular formula is C17H26ClN3O4. The summed E-state index contributed by atoms with van der Waals surface area (Å²) in [5.41, 5.74) is 6.44. The number of benzene rings is 1. The Morgan fingerprint density at radius 2 is 2.12 bits per heavy atom. The molecular weight excluding hydrogens is 346 g/mol. The Labute approximate surface area is 154 Å². The first kappa shape index (κ1) is 21.2. The molecule has 1 fully saturated rings. The second-order valence-corrected chi connectivity index (χ2v) is 6.00. The normalized spacial score (nSPS) is 19.0. The molecule has 0 aromatic heterocycles. The Balaban J connectivity index is 0.00000312. The van der Waals surface area contributed by atoms with E-state index in [2.05, 4.69) is 5.32 Å². The summed E-state index contributed by atoms with van der Waals surface area (Å²) in [5.74, 6) is 0.360. The molecule has 7 nitrogen and oxygen atoms in total. The Kier molecular flexibility index (Phi) is 8.68. The number of carbonyl (C=O) groups excluding carboxylic acids is 2. The molecule has 0 saturated carbocycles. The molecule has 2 atom stereocenters. The Morgan fingerprint density at radius 1 is 1.36 bits per heavy atom. The predicted molar refractivity (Wildman–Crippen MR) is 96.7 cm³/mol. The van der Waals surface area contributed by atoms with Crippen LogP contribution >= 0.6 is 12.4 Å². The number of hydrogen-bond donors (Lipinski definition) is 2. The van der Waals surface area contributed by atoms with Crippen LogP contribution in [0.15, 0.2) is 24.3 Å². The highest BCUT2D eigenvalue weighted by Crippen LogP contribution is 2.19. The molecule has 140 valence electrons. The topological polar surface area (TPSA) is 93.9 Å². The van der Waals surface area contributed by atoms with Crippen LogP contribution in [0.25, 0.3) is 0 Å². The molecule has 0 spiro atoms. The number of nitrogens with zero attached hydrogens (tertiary/aromatic N) is 1. The number of likely N-dealkylation sites (N-methyl/N-ethyl adjacent to an activating group) is 1. The summed E-state index contributed by atoms with van der Waals surface area (Å²) < 4.78 is 11.0. The Hall–Kier alpha value is -1.83. The third-order valence-corrected chi connectivity index (χ3v) is 3.89. The minimum atomic E-state index is -0.421. The average molecular weight is 372 g/mol. The number of halogens is 1. The fourth-order valence-corrected chi connectivity index (χ4v) is 2.39. The van der Waals surface area contributed by atoms with E-state index in [0.717, 1.165) is 12.0 Å². The predicted octanol–water partition coefficient (Wildman–Crippen LogP) is 0.698. The van der Waals surface area contributed by atoms with Crippen LogP contribution in [-0.2, 0) is 20.9 Å². The molecule has 1 aromatic rings. The van der Waals surface area contributed by atoms with E-state index in [0.29, 0.717) is 25.3 Å². The van der Waals surface area contributed by atoms with Crippen LogP contribution in [0.3, 0.4) is 0 Å². The highest BCUT2D eigenvalue weighted by molar-refractivity contribution is 5.85. The van der Waals surface area contributed by atoms with Crippen molar-refractivity contribution in [2.24, 2.45) is 5.73 Å². The first-order valence-corrected chi connectivity index (χ1v) is 8.04. The summed E-state index contributed by atoms with van der Waals surface area (Å²) in [7, 11) is 3.36. The van der Waals surface area contributed by atoms with Crippen LogP contribution in [-0.4, -0.2) is 56.2 Å². The third-order valence-electron chi connectivity index (χ3n) is 3.89. The van der Waals surface area contributed by atoms with Gasteiger partial charge >= 0.3 is 0 Å². The van der Waals surface area contributed by atoms with Crippen LogP contribution in [0.1, 0.15) is 18.4 Å². The number of hydrogen-bond acceptors (Lipinski definition) is 5. The maximum absolute atomic E-state index is 12.1. The minimum Gasteiger partial charge on any atom is -0.484 e. The van der Waals surface area contributed by atoms with Gasteiger partial charge in [0.1, 0.15) is 11.9 Å². The van der Waals surface area contributed by atoms with E-state index >= 15 is 0 Å². The first-order chi connectivity index (χ1) is 11.5. The van der Waals surface area contributed by atoms with Gasteiger partial charge in [-0.3, -0.25) is 9.59 Å². The summed E-state index contributed by atoms with van der Waals surface area (Å²) in [6.07, 6.45) is 1.07. The fourth-order valence-electron chi connectivity index (χ4n) is 2.39. The van der Waals surface area contributed by atoms with Gasteiger partial charge in [0.05, 0.1) is 6.10 Å². The van der Waals surface area contributed by atoms with E-state index < -0.39 is 6.10 Å². The van der Waals surface area contributed by atoms with E-state index in [4.69, 9.17) is 15.2 Å². The molecule has 0 bridgehead atoms. The highest BCUT2D eigenvalue weighted by Gasteiger charge is 2.29. The smallest absolute Gasteiger partial charge is 0.259 e. The maximum atomic E-state index is 12.1. The van der Waals surface area contributed by atoms with E-state index in [1.54, 1.807) is 26.2 Å². The third kappa shape index (κ3) is 6.53. The van der Waals surface area contributed by atoms with Gasteiger partial charge in [-0.25, -0.2) is 0 Å². The highest BCUT2D eigenvalue weighted by atomic mass is 35.5.